The summed E-state index contributed by atoms with van der Waals surface area (Å²) in [6.45, 7) is 1.46. The van der Waals surface area contributed by atoms with Crippen molar-refractivity contribution in [3.05, 3.63) is 83.9 Å². The lowest BCUT2D eigenvalue weighted by Crippen LogP contribution is -2.65. The van der Waals surface area contributed by atoms with Crippen LogP contribution in [0.25, 0.3) is 0 Å². The fourth-order valence-electron chi connectivity index (χ4n) is 4.42. The molecule has 0 radical (unpaired) electrons. The van der Waals surface area contributed by atoms with E-state index >= 15 is 0 Å². The highest BCUT2D eigenvalue weighted by molar-refractivity contribution is 5.94. The number of likely N-dealkylation sites (N-methyl/N-ethyl adjacent to an activating group) is 1. The normalized spacial score (nSPS) is 14.6. The molecule has 0 unspecified atom stereocenters. The highest BCUT2D eigenvalue weighted by atomic mass is 16.5. The van der Waals surface area contributed by atoms with Crippen LogP contribution in [0.1, 0.15) is 22.8 Å². The molecule has 180 valence electrons. The second-order valence-corrected chi connectivity index (χ2v) is 8.43. The van der Waals surface area contributed by atoms with Crippen LogP contribution in [0.4, 0.5) is 0 Å². The number of nitrogens with one attached hydrogen (secondary N) is 3. The van der Waals surface area contributed by atoms with Crippen LogP contribution < -0.4 is 16.1 Å². The molecular formula is C25H30N4O5. The van der Waals surface area contributed by atoms with Crippen LogP contribution in [0.3, 0.4) is 0 Å². The lowest BCUT2D eigenvalue weighted by molar-refractivity contribution is -0.138. The Morgan fingerprint density at radius 1 is 0.882 bits per heavy atom. The molecule has 1 aromatic heterocycles. The van der Waals surface area contributed by atoms with Crippen molar-refractivity contribution >= 4 is 11.8 Å². The van der Waals surface area contributed by atoms with Crippen molar-refractivity contribution < 1.29 is 25.0 Å². The molecule has 0 fully saturated rings. The minimum Gasteiger partial charge on any atom is -0.494 e. The van der Waals surface area contributed by atoms with Gasteiger partial charge in [0, 0.05) is 49.7 Å². The minimum atomic E-state index is -1.67. The van der Waals surface area contributed by atoms with Gasteiger partial charge in [-0.3, -0.25) is 14.2 Å². The maximum atomic E-state index is 13.7. The molecule has 9 nitrogen and oxygen atoms in total. The molecule has 0 saturated carbocycles. The molecule has 0 aliphatic carbocycles. The third-order valence-electron chi connectivity index (χ3n) is 6.27. The quantitative estimate of drug-likeness (QED) is 0.253. The fourth-order valence-corrected chi connectivity index (χ4v) is 4.42. The number of aromatic nitrogens is 1. The topological polar surface area (TPSA) is 136 Å². The Balaban J connectivity index is 2.17. The molecule has 0 spiro atoms. The van der Waals surface area contributed by atoms with E-state index in [0.717, 1.165) is 10.1 Å². The SMILES string of the molecule is CNC(=O)[C@](Cc1ccccc1)(n1c(O)ccc1O)[C@@](C)(CNO)CNC(=O)c1ccccc1. The van der Waals surface area contributed by atoms with Gasteiger partial charge < -0.3 is 26.1 Å². The minimum absolute atomic E-state index is 0.0443. The molecule has 6 N–H and O–H groups in total. The fraction of sp³-hybridized carbons (Fsp3) is 0.280. The van der Waals surface area contributed by atoms with E-state index in [1.165, 1.54) is 19.2 Å². The number of hydrogen-bond acceptors (Lipinski definition) is 6. The number of nitrogens with zero attached hydrogens (tertiary/aromatic N) is 1. The predicted molar refractivity (Wildman–Crippen MR) is 127 cm³/mol. The molecule has 2 atom stereocenters. The van der Waals surface area contributed by atoms with Gasteiger partial charge in [0.2, 0.25) is 5.91 Å². The summed E-state index contributed by atoms with van der Waals surface area (Å²) in [4.78, 5) is 26.5. The van der Waals surface area contributed by atoms with Gasteiger partial charge in [0.1, 0.15) is 5.54 Å². The summed E-state index contributed by atoms with van der Waals surface area (Å²) in [6.07, 6.45) is 0.0443. The number of hydrogen-bond donors (Lipinski definition) is 6. The molecule has 2 aromatic carbocycles. The van der Waals surface area contributed by atoms with Crippen molar-refractivity contribution in [3.63, 3.8) is 0 Å². The lowest BCUT2D eigenvalue weighted by Gasteiger charge is -2.48. The van der Waals surface area contributed by atoms with E-state index in [0.29, 0.717) is 5.56 Å². The van der Waals surface area contributed by atoms with Gasteiger partial charge in [-0.1, -0.05) is 55.5 Å². The smallest absolute Gasteiger partial charge is 0.251 e. The van der Waals surface area contributed by atoms with Crippen molar-refractivity contribution in [3.8, 4) is 11.8 Å². The van der Waals surface area contributed by atoms with Crippen molar-refractivity contribution in [2.45, 2.75) is 18.9 Å². The van der Waals surface area contributed by atoms with Crippen molar-refractivity contribution in [1.29, 1.82) is 0 Å². The molecule has 34 heavy (non-hydrogen) atoms. The van der Waals surface area contributed by atoms with E-state index in [4.69, 9.17) is 0 Å². The third-order valence-corrected chi connectivity index (χ3v) is 6.27. The van der Waals surface area contributed by atoms with Crippen LogP contribution in [0.2, 0.25) is 0 Å². The number of rotatable bonds is 10. The molecule has 3 aromatic rings. The number of hydroxylamine groups is 1. The Kier molecular flexibility index (Phi) is 7.60. The summed E-state index contributed by atoms with van der Waals surface area (Å²) in [5, 5.41) is 36.7. The van der Waals surface area contributed by atoms with Gasteiger partial charge in [-0.25, -0.2) is 5.48 Å². The maximum absolute atomic E-state index is 13.7. The highest BCUT2D eigenvalue weighted by Crippen LogP contribution is 2.46. The third kappa shape index (κ3) is 4.61. The summed E-state index contributed by atoms with van der Waals surface area (Å²) >= 11 is 0. The summed E-state index contributed by atoms with van der Waals surface area (Å²) < 4.78 is 1.14. The molecule has 3 rings (SSSR count). The monoisotopic (exact) mass is 466 g/mol. The summed E-state index contributed by atoms with van der Waals surface area (Å²) in [7, 11) is 1.45. The van der Waals surface area contributed by atoms with Gasteiger partial charge in [-0.15, -0.1) is 0 Å². The second kappa shape index (κ2) is 10.4. The first kappa shape index (κ1) is 24.8. The van der Waals surface area contributed by atoms with Gasteiger partial charge >= 0.3 is 0 Å². The summed E-state index contributed by atoms with van der Waals surface area (Å²) in [5.41, 5.74) is 0.395. The Morgan fingerprint density at radius 3 is 1.97 bits per heavy atom. The zero-order valence-corrected chi connectivity index (χ0v) is 19.2. The molecule has 0 aliphatic heterocycles. The van der Waals surface area contributed by atoms with E-state index in [-0.39, 0.29) is 37.2 Å². The number of carbonyl (C=O) groups is 2. The standard InChI is InChI=1S/C25H30N4O5/c1-24(17-28-34,16-27-22(32)19-11-7-4-8-12-19)25(23(33)26-2,15-18-9-5-3-6-10-18)29-20(30)13-14-21(29)31/h3-14,28,30-31,34H,15-17H2,1-2H3,(H,26,33)(H,27,32)/t24-,25+/m1/s1. The first-order valence-electron chi connectivity index (χ1n) is 10.9. The average molecular weight is 467 g/mol. The molecular weight excluding hydrogens is 436 g/mol. The first-order chi connectivity index (χ1) is 16.3. The van der Waals surface area contributed by atoms with E-state index in [2.05, 4.69) is 16.1 Å². The molecule has 9 heteroatoms. The highest BCUT2D eigenvalue weighted by Gasteiger charge is 2.56. The van der Waals surface area contributed by atoms with Gasteiger partial charge in [0.15, 0.2) is 11.8 Å². The van der Waals surface area contributed by atoms with Crippen LogP contribution in [0.15, 0.2) is 72.8 Å². The van der Waals surface area contributed by atoms with Crippen LogP contribution in [-0.4, -0.2) is 51.9 Å². The summed E-state index contributed by atoms with van der Waals surface area (Å²) in [5.74, 6) is -1.56. The zero-order chi connectivity index (χ0) is 24.8. The van der Waals surface area contributed by atoms with Gasteiger partial charge in [0.25, 0.3) is 5.91 Å². The zero-order valence-electron chi connectivity index (χ0n) is 19.2. The molecule has 0 saturated heterocycles. The Bertz CT molecular complexity index is 1100. The number of carbonyl (C=O) groups excluding carboxylic acids is 2. The number of amides is 2. The number of benzene rings is 2. The van der Waals surface area contributed by atoms with Crippen LogP contribution >= 0.6 is 0 Å². The van der Waals surface area contributed by atoms with E-state index in [1.54, 1.807) is 37.3 Å². The first-order valence-corrected chi connectivity index (χ1v) is 10.9. The van der Waals surface area contributed by atoms with Crippen LogP contribution in [0, 0.1) is 5.41 Å². The second-order valence-electron chi connectivity index (χ2n) is 8.43. The largest absolute Gasteiger partial charge is 0.494 e. The van der Waals surface area contributed by atoms with Gasteiger partial charge in [-0.05, 0) is 17.7 Å². The van der Waals surface area contributed by atoms with E-state index in [9.17, 15) is 25.0 Å². The molecule has 0 bridgehead atoms. The van der Waals surface area contributed by atoms with Crippen LogP contribution in [-0.2, 0) is 16.8 Å². The van der Waals surface area contributed by atoms with Crippen LogP contribution in [0.5, 0.6) is 11.8 Å². The van der Waals surface area contributed by atoms with E-state index < -0.39 is 16.9 Å². The molecule has 0 aliphatic rings. The molecule has 1 heterocycles. The molecule has 2 amide bonds. The van der Waals surface area contributed by atoms with E-state index in [1.807, 2.05) is 30.3 Å². The van der Waals surface area contributed by atoms with Gasteiger partial charge in [-0.2, -0.15) is 0 Å². The van der Waals surface area contributed by atoms with Crippen molar-refractivity contribution in [2.24, 2.45) is 5.41 Å². The maximum Gasteiger partial charge on any atom is 0.251 e. The predicted octanol–water partition coefficient (Wildman–Crippen LogP) is 2.00. The Morgan fingerprint density at radius 2 is 1.44 bits per heavy atom. The lowest BCUT2D eigenvalue weighted by atomic mass is 9.66. The number of aromatic hydroxyl groups is 2. The Hall–Kier alpha value is -3.82. The van der Waals surface area contributed by atoms with Gasteiger partial charge in [0.05, 0.1) is 0 Å². The average Bonchev–Trinajstić information content (AvgIpc) is 3.19. The van der Waals surface area contributed by atoms with Crippen molar-refractivity contribution in [2.75, 3.05) is 20.1 Å². The van der Waals surface area contributed by atoms with Crippen molar-refractivity contribution in [1.82, 2.24) is 20.7 Å². The Labute approximate surface area is 198 Å². The summed E-state index contributed by atoms with van der Waals surface area (Å²) in [6, 6.07) is 20.3.